The lowest BCUT2D eigenvalue weighted by atomic mass is 10.0. The predicted molar refractivity (Wildman–Crippen MR) is 266 cm³/mol. The molecule has 0 aliphatic carbocycles. The summed E-state index contributed by atoms with van der Waals surface area (Å²) in [5.41, 5.74) is 0. The summed E-state index contributed by atoms with van der Waals surface area (Å²) in [6.45, 7) is 6.62. The molecule has 0 spiro atoms. The van der Waals surface area contributed by atoms with Crippen LogP contribution in [0.15, 0.2) is 24.3 Å². The normalized spacial score (nSPS) is 12.1. The number of carbonyl (C=O) groups excluding carboxylic acids is 3. The van der Waals surface area contributed by atoms with E-state index < -0.39 is 6.10 Å². The lowest BCUT2D eigenvalue weighted by Gasteiger charge is -2.18. The number of rotatable bonds is 50. The second-order valence-corrected chi connectivity index (χ2v) is 18.5. The van der Waals surface area contributed by atoms with Crippen molar-refractivity contribution >= 4 is 17.9 Å². The van der Waals surface area contributed by atoms with Crippen LogP contribution in [0.1, 0.15) is 297 Å². The molecule has 0 fully saturated rings. The van der Waals surface area contributed by atoms with Crippen LogP contribution in [-0.4, -0.2) is 37.2 Å². The summed E-state index contributed by atoms with van der Waals surface area (Å²) in [5.74, 6) is -0.863. The lowest BCUT2D eigenvalue weighted by molar-refractivity contribution is -0.167. The SMILES string of the molecule is CCCCCCC/C=C\C/C=C\CCCCCCCCCCCC(=O)OCC(COC(=O)CCCCCCCCC)OC(=O)CCCCCCCCCCCCCCCCCC. The van der Waals surface area contributed by atoms with Crippen molar-refractivity contribution in [2.45, 2.75) is 303 Å². The van der Waals surface area contributed by atoms with Gasteiger partial charge in [0.25, 0.3) is 0 Å². The van der Waals surface area contributed by atoms with Crippen molar-refractivity contribution in [2.24, 2.45) is 0 Å². The lowest BCUT2D eigenvalue weighted by Crippen LogP contribution is -2.30. The molecule has 0 N–H and O–H groups in total. The van der Waals surface area contributed by atoms with Gasteiger partial charge in [0.1, 0.15) is 13.2 Å². The second-order valence-electron chi connectivity index (χ2n) is 18.5. The van der Waals surface area contributed by atoms with Crippen LogP contribution in [0.2, 0.25) is 0 Å². The number of unbranched alkanes of at least 4 members (excludes halogenated alkanes) is 35. The maximum atomic E-state index is 12.8. The fourth-order valence-electron chi connectivity index (χ4n) is 8.06. The molecule has 0 aliphatic heterocycles. The monoisotopic (exact) mass is 873 g/mol. The quantitative estimate of drug-likeness (QED) is 0.0262. The summed E-state index contributed by atoms with van der Waals surface area (Å²) >= 11 is 0. The van der Waals surface area contributed by atoms with E-state index in [1.807, 2.05) is 0 Å². The highest BCUT2D eigenvalue weighted by atomic mass is 16.6. The summed E-state index contributed by atoms with van der Waals surface area (Å²) < 4.78 is 16.8. The Kier molecular flexibility index (Phi) is 49.8. The number of carbonyl (C=O) groups is 3. The van der Waals surface area contributed by atoms with Gasteiger partial charge in [0.15, 0.2) is 6.10 Å². The molecule has 0 aliphatic rings. The van der Waals surface area contributed by atoms with Gasteiger partial charge in [-0.3, -0.25) is 14.4 Å². The molecule has 0 aromatic heterocycles. The summed E-state index contributed by atoms with van der Waals surface area (Å²) in [6, 6.07) is 0. The van der Waals surface area contributed by atoms with Crippen molar-refractivity contribution in [3.05, 3.63) is 24.3 Å². The summed E-state index contributed by atoms with van der Waals surface area (Å²) in [7, 11) is 0. The molecule has 0 bridgehead atoms. The van der Waals surface area contributed by atoms with Gasteiger partial charge in [0.2, 0.25) is 0 Å². The average molecular weight is 873 g/mol. The van der Waals surface area contributed by atoms with Gasteiger partial charge in [0, 0.05) is 19.3 Å². The van der Waals surface area contributed by atoms with Crippen molar-refractivity contribution in [2.75, 3.05) is 13.2 Å². The molecular formula is C56H104O6. The van der Waals surface area contributed by atoms with Crippen LogP contribution in [0.3, 0.4) is 0 Å². The molecule has 6 heteroatoms. The Morgan fingerprint density at radius 1 is 0.323 bits per heavy atom. The molecule has 0 amide bonds. The van der Waals surface area contributed by atoms with Crippen LogP contribution < -0.4 is 0 Å². The van der Waals surface area contributed by atoms with E-state index in [1.54, 1.807) is 0 Å². The minimum atomic E-state index is -0.765. The largest absolute Gasteiger partial charge is 0.462 e. The van der Waals surface area contributed by atoms with E-state index in [-0.39, 0.29) is 31.1 Å². The van der Waals surface area contributed by atoms with Crippen LogP contribution in [-0.2, 0) is 28.6 Å². The minimum Gasteiger partial charge on any atom is -0.462 e. The van der Waals surface area contributed by atoms with Gasteiger partial charge in [-0.15, -0.1) is 0 Å². The predicted octanol–water partition coefficient (Wildman–Crippen LogP) is 17.9. The molecule has 6 nitrogen and oxygen atoms in total. The number of allylic oxidation sites excluding steroid dienone is 4. The molecule has 0 saturated carbocycles. The minimum absolute atomic E-state index is 0.0685. The third-order valence-corrected chi connectivity index (χ3v) is 12.2. The Bertz CT molecular complexity index is 1000. The van der Waals surface area contributed by atoms with E-state index in [9.17, 15) is 14.4 Å². The van der Waals surface area contributed by atoms with Gasteiger partial charge < -0.3 is 14.2 Å². The maximum Gasteiger partial charge on any atom is 0.306 e. The smallest absolute Gasteiger partial charge is 0.306 e. The second kappa shape index (κ2) is 51.5. The van der Waals surface area contributed by atoms with Crippen LogP contribution in [0.4, 0.5) is 0 Å². The van der Waals surface area contributed by atoms with Gasteiger partial charge in [-0.2, -0.15) is 0 Å². The van der Waals surface area contributed by atoms with Crippen LogP contribution in [0, 0.1) is 0 Å². The summed E-state index contributed by atoms with van der Waals surface area (Å²) in [6.07, 6.45) is 59.0. The highest BCUT2D eigenvalue weighted by Crippen LogP contribution is 2.16. The average Bonchev–Trinajstić information content (AvgIpc) is 3.27. The van der Waals surface area contributed by atoms with Crippen molar-refractivity contribution in [1.29, 1.82) is 0 Å². The fourth-order valence-corrected chi connectivity index (χ4v) is 8.06. The Hall–Kier alpha value is -2.11. The Labute approximate surface area is 385 Å². The first kappa shape index (κ1) is 59.9. The zero-order chi connectivity index (χ0) is 45.1. The van der Waals surface area contributed by atoms with Gasteiger partial charge in [-0.1, -0.05) is 251 Å². The summed E-state index contributed by atoms with van der Waals surface area (Å²) in [4.78, 5) is 37.9. The van der Waals surface area contributed by atoms with Crippen molar-refractivity contribution in [1.82, 2.24) is 0 Å². The highest BCUT2D eigenvalue weighted by Gasteiger charge is 2.19. The number of ether oxygens (including phenoxy) is 3. The molecule has 0 radical (unpaired) electrons. The molecule has 0 aromatic rings. The first-order valence-corrected chi connectivity index (χ1v) is 27.3. The van der Waals surface area contributed by atoms with Crippen molar-refractivity contribution < 1.29 is 28.6 Å². The topological polar surface area (TPSA) is 78.9 Å². The van der Waals surface area contributed by atoms with Crippen LogP contribution in [0.5, 0.6) is 0 Å². The maximum absolute atomic E-state index is 12.8. The molecule has 62 heavy (non-hydrogen) atoms. The zero-order valence-corrected chi connectivity index (χ0v) is 41.7. The third-order valence-electron chi connectivity index (χ3n) is 12.2. The van der Waals surface area contributed by atoms with Crippen LogP contribution in [0.25, 0.3) is 0 Å². The molecule has 0 rings (SSSR count). The van der Waals surface area contributed by atoms with Gasteiger partial charge in [-0.05, 0) is 51.4 Å². The Morgan fingerprint density at radius 3 is 0.887 bits per heavy atom. The molecular weight excluding hydrogens is 769 g/mol. The third kappa shape index (κ3) is 48.9. The molecule has 1 unspecified atom stereocenters. The van der Waals surface area contributed by atoms with Gasteiger partial charge >= 0.3 is 17.9 Å². The number of hydrogen-bond donors (Lipinski definition) is 0. The first-order chi connectivity index (χ1) is 30.5. The van der Waals surface area contributed by atoms with E-state index in [4.69, 9.17) is 14.2 Å². The number of esters is 3. The van der Waals surface area contributed by atoms with Crippen LogP contribution >= 0.6 is 0 Å². The van der Waals surface area contributed by atoms with Crippen molar-refractivity contribution in [3.63, 3.8) is 0 Å². The van der Waals surface area contributed by atoms with Gasteiger partial charge in [-0.25, -0.2) is 0 Å². The molecule has 0 aromatic carbocycles. The van der Waals surface area contributed by atoms with Gasteiger partial charge in [0.05, 0.1) is 0 Å². The fraction of sp³-hybridized carbons (Fsp3) is 0.875. The van der Waals surface area contributed by atoms with E-state index in [2.05, 4.69) is 45.1 Å². The van der Waals surface area contributed by atoms with E-state index in [0.29, 0.717) is 19.3 Å². The van der Waals surface area contributed by atoms with E-state index in [1.165, 1.54) is 193 Å². The Morgan fingerprint density at radius 2 is 0.581 bits per heavy atom. The molecule has 1 atom stereocenters. The molecule has 0 heterocycles. The standard InChI is InChI=1S/C56H104O6/c1-4-7-10-13-16-18-20-22-24-26-27-28-29-30-32-33-35-37-40-43-46-49-55(58)61-52-53(51-60-54(57)48-45-42-39-15-12-9-6-3)62-56(59)50-47-44-41-38-36-34-31-25-23-21-19-17-14-11-8-5-2/h20,22,26-27,53H,4-19,21,23-25,28-52H2,1-3H3/b22-20-,27-26-. The highest BCUT2D eigenvalue weighted by molar-refractivity contribution is 5.71. The Balaban J connectivity index is 4.18. The first-order valence-electron chi connectivity index (χ1n) is 27.3. The van der Waals surface area contributed by atoms with Crippen molar-refractivity contribution in [3.8, 4) is 0 Å². The zero-order valence-electron chi connectivity index (χ0n) is 41.7. The van der Waals surface area contributed by atoms with E-state index in [0.717, 1.165) is 64.2 Å². The number of hydrogen-bond acceptors (Lipinski definition) is 6. The van der Waals surface area contributed by atoms with E-state index >= 15 is 0 Å². The molecule has 364 valence electrons. The summed E-state index contributed by atoms with van der Waals surface area (Å²) in [5, 5.41) is 0. The molecule has 0 saturated heterocycles.